The number of allylic oxidation sites excluding steroid dienone is 1. The number of esters is 1. The summed E-state index contributed by atoms with van der Waals surface area (Å²) in [4.78, 5) is 29.3. The second-order valence-corrected chi connectivity index (χ2v) is 5.94. The van der Waals surface area contributed by atoms with Crippen LogP contribution in [0.4, 0.5) is 5.69 Å². The Morgan fingerprint density at radius 2 is 2.11 bits per heavy atom. The average molecular weight is 399 g/mol. The number of carbonyl (C=O) groups is 1. The minimum absolute atomic E-state index is 0.109. The number of carbonyl (C=O) groups excluding carboxylic acids is 1. The molecule has 0 bridgehead atoms. The van der Waals surface area contributed by atoms with Crippen LogP contribution in [0.3, 0.4) is 0 Å². The summed E-state index contributed by atoms with van der Waals surface area (Å²) in [5.41, 5.74) is 0.711. The first-order valence-corrected chi connectivity index (χ1v) is 8.17. The monoisotopic (exact) mass is 398 g/mol. The van der Waals surface area contributed by atoms with Gasteiger partial charge in [0.2, 0.25) is 0 Å². The molecule has 0 aliphatic carbocycles. The number of nitrogens with zero attached hydrogens (tertiary/aromatic N) is 3. The number of aromatic nitrogens is 2. The van der Waals surface area contributed by atoms with E-state index in [4.69, 9.17) is 16.3 Å². The molecule has 28 heavy (non-hydrogen) atoms. The van der Waals surface area contributed by atoms with Crippen molar-refractivity contribution in [3.05, 3.63) is 74.7 Å². The fourth-order valence-electron chi connectivity index (χ4n) is 2.39. The van der Waals surface area contributed by atoms with Crippen LogP contribution in [0.2, 0.25) is 5.02 Å². The van der Waals surface area contributed by atoms with E-state index in [1.54, 1.807) is 24.3 Å². The molecule has 3 aromatic rings. The molecule has 0 amide bonds. The fraction of sp³-hybridized carbons (Fsp3) is 0.0556. The van der Waals surface area contributed by atoms with Crippen LogP contribution < -0.4 is 0 Å². The summed E-state index contributed by atoms with van der Waals surface area (Å²) < 4.78 is 4.96. The van der Waals surface area contributed by atoms with E-state index in [-0.39, 0.29) is 27.7 Å². The number of hydrogen-bond donors (Lipinski definition) is 2. The predicted molar refractivity (Wildman–Crippen MR) is 99.6 cm³/mol. The lowest BCUT2D eigenvalue weighted by molar-refractivity contribution is -0.384. The number of ether oxygens (including phenoxy) is 1. The molecule has 0 aliphatic rings. The number of fused-ring (bicyclic) bond motifs is 1. The Hall–Kier alpha value is -3.90. The average Bonchev–Trinajstić information content (AvgIpc) is 3.10. The normalized spacial score (nSPS) is 11.6. The third-order valence-corrected chi connectivity index (χ3v) is 4.06. The summed E-state index contributed by atoms with van der Waals surface area (Å²) >= 11 is 5.87. The largest absolute Gasteiger partial charge is 0.507 e. The van der Waals surface area contributed by atoms with Crippen LogP contribution in [0.15, 0.2) is 48.2 Å². The number of nitrogens with one attached hydrogen (secondary N) is 1. The summed E-state index contributed by atoms with van der Waals surface area (Å²) in [5, 5.41) is 30.0. The first kappa shape index (κ1) is 18.9. The van der Waals surface area contributed by atoms with Crippen LogP contribution in [0, 0.1) is 21.4 Å². The lowest BCUT2D eigenvalue weighted by atomic mass is 10.2. The van der Waals surface area contributed by atoms with E-state index in [1.807, 2.05) is 6.07 Å². The molecule has 9 nitrogen and oxygen atoms in total. The number of non-ortho nitro benzene ring substituents is 1. The van der Waals surface area contributed by atoms with Crippen molar-refractivity contribution in [3.63, 3.8) is 0 Å². The summed E-state index contributed by atoms with van der Waals surface area (Å²) in [7, 11) is 0. The quantitative estimate of drug-likeness (QED) is 0.219. The molecule has 0 radical (unpaired) electrons. The Bertz CT molecular complexity index is 1130. The maximum absolute atomic E-state index is 12.1. The van der Waals surface area contributed by atoms with Gasteiger partial charge in [0.05, 0.1) is 26.5 Å². The van der Waals surface area contributed by atoms with Gasteiger partial charge in [0.25, 0.3) is 5.69 Å². The van der Waals surface area contributed by atoms with Gasteiger partial charge in [-0.2, -0.15) is 5.26 Å². The number of nitro benzene ring substituents is 1. The topological polar surface area (TPSA) is 142 Å². The first-order valence-electron chi connectivity index (χ1n) is 7.79. The molecular formula is C18H11ClN4O5. The second-order valence-electron chi connectivity index (χ2n) is 5.53. The molecule has 2 N–H and O–H groups in total. The second kappa shape index (κ2) is 7.77. The van der Waals surface area contributed by atoms with Crippen molar-refractivity contribution in [1.82, 2.24) is 9.97 Å². The Morgan fingerprint density at radius 1 is 1.36 bits per heavy atom. The third kappa shape index (κ3) is 3.77. The molecule has 3 rings (SSSR count). The summed E-state index contributed by atoms with van der Waals surface area (Å²) in [6.07, 6.45) is 0. The van der Waals surface area contributed by atoms with Crippen LogP contribution in [-0.4, -0.2) is 32.6 Å². The van der Waals surface area contributed by atoms with Crippen LogP contribution in [0.1, 0.15) is 16.2 Å². The van der Waals surface area contributed by atoms with Crippen molar-refractivity contribution < 1.29 is 19.6 Å². The van der Waals surface area contributed by atoms with Gasteiger partial charge in [0.15, 0.2) is 11.6 Å². The van der Waals surface area contributed by atoms with Gasteiger partial charge in [-0.3, -0.25) is 10.1 Å². The molecule has 140 valence electrons. The highest BCUT2D eigenvalue weighted by Crippen LogP contribution is 2.24. The number of aliphatic hydroxyl groups is 1. The Morgan fingerprint density at radius 3 is 2.75 bits per heavy atom. The molecule has 0 saturated carbocycles. The molecule has 0 unspecified atom stereocenters. The Labute approximate surface area is 162 Å². The highest BCUT2D eigenvalue weighted by atomic mass is 35.5. The molecule has 2 aromatic carbocycles. The number of para-hydroxylation sites is 2. The van der Waals surface area contributed by atoms with Crippen LogP contribution >= 0.6 is 11.6 Å². The maximum Gasteiger partial charge on any atom is 0.340 e. The maximum atomic E-state index is 12.1. The number of halogens is 1. The zero-order chi connectivity index (χ0) is 20.3. The van der Waals surface area contributed by atoms with E-state index in [9.17, 15) is 25.3 Å². The van der Waals surface area contributed by atoms with Gasteiger partial charge in [-0.1, -0.05) is 23.7 Å². The van der Waals surface area contributed by atoms with Crippen molar-refractivity contribution >= 4 is 39.9 Å². The Kier molecular flexibility index (Phi) is 5.24. The molecule has 0 fully saturated rings. The number of rotatable bonds is 5. The molecule has 0 spiro atoms. The molecule has 1 aromatic heterocycles. The third-order valence-electron chi connectivity index (χ3n) is 3.75. The molecule has 0 atom stereocenters. The molecule has 0 saturated heterocycles. The van der Waals surface area contributed by atoms with Crippen LogP contribution in [0.5, 0.6) is 0 Å². The number of aromatic amines is 1. The minimum atomic E-state index is -0.909. The van der Waals surface area contributed by atoms with Crippen LogP contribution in [0.25, 0.3) is 16.6 Å². The lowest BCUT2D eigenvalue weighted by Gasteiger charge is -2.07. The predicted octanol–water partition coefficient (Wildman–Crippen LogP) is 3.77. The van der Waals surface area contributed by atoms with E-state index in [0.29, 0.717) is 11.0 Å². The number of H-pyrrole nitrogens is 1. The van der Waals surface area contributed by atoms with Crippen molar-refractivity contribution in [2.75, 3.05) is 6.61 Å². The summed E-state index contributed by atoms with van der Waals surface area (Å²) in [5.74, 6) is -1.29. The fourth-order valence-corrected chi connectivity index (χ4v) is 2.64. The highest BCUT2D eigenvalue weighted by molar-refractivity contribution is 6.33. The van der Waals surface area contributed by atoms with Crippen LogP contribution in [-0.2, 0) is 4.74 Å². The van der Waals surface area contributed by atoms with Crippen molar-refractivity contribution in [1.29, 1.82) is 5.26 Å². The van der Waals surface area contributed by atoms with Gasteiger partial charge < -0.3 is 14.8 Å². The zero-order valence-corrected chi connectivity index (χ0v) is 14.8. The smallest absolute Gasteiger partial charge is 0.340 e. The van der Waals surface area contributed by atoms with Crippen molar-refractivity contribution in [2.45, 2.75) is 0 Å². The number of hydrogen-bond acceptors (Lipinski definition) is 7. The van der Waals surface area contributed by atoms with Gasteiger partial charge in [-0.15, -0.1) is 0 Å². The molecule has 0 aliphatic heterocycles. The molecule has 1 heterocycles. The number of imidazole rings is 1. The van der Waals surface area contributed by atoms with E-state index in [0.717, 1.165) is 18.2 Å². The van der Waals surface area contributed by atoms with Gasteiger partial charge in [0, 0.05) is 12.1 Å². The summed E-state index contributed by atoms with van der Waals surface area (Å²) in [6, 6.07) is 12.1. The number of benzene rings is 2. The Balaban J connectivity index is 1.79. The van der Waals surface area contributed by atoms with E-state index < -0.39 is 23.3 Å². The van der Waals surface area contributed by atoms with E-state index >= 15 is 0 Å². The molecule has 10 heteroatoms. The summed E-state index contributed by atoms with van der Waals surface area (Å²) in [6.45, 7) is -0.605. The van der Waals surface area contributed by atoms with Crippen molar-refractivity contribution in [2.24, 2.45) is 0 Å². The highest BCUT2D eigenvalue weighted by Gasteiger charge is 2.18. The van der Waals surface area contributed by atoms with Gasteiger partial charge in [0.1, 0.15) is 18.2 Å². The zero-order valence-electron chi connectivity index (χ0n) is 14.0. The number of aliphatic hydroxyl groups excluding tert-OH is 1. The van der Waals surface area contributed by atoms with Crippen molar-refractivity contribution in [3.8, 4) is 6.07 Å². The SMILES string of the molecule is N#CC(=C(O)COC(=O)c1ccc([N+](=O)[O-])cc1Cl)c1nc2ccccc2[nH]1. The molecular weight excluding hydrogens is 388 g/mol. The minimum Gasteiger partial charge on any atom is -0.507 e. The van der Waals surface area contributed by atoms with E-state index in [1.165, 1.54) is 0 Å². The van der Waals surface area contributed by atoms with E-state index in [2.05, 4.69) is 9.97 Å². The van der Waals surface area contributed by atoms with Gasteiger partial charge in [-0.25, -0.2) is 9.78 Å². The number of nitro groups is 1. The lowest BCUT2D eigenvalue weighted by Crippen LogP contribution is -2.10. The number of nitriles is 1. The van der Waals surface area contributed by atoms with Gasteiger partial charge >= 0.3 is 5.97 Å². The first-order chi connectivity index (χ1) is 13.4. The van der Waals surface area contributed by atoms with Gasteiger partial charge in [-0.05, 0) is 18.2 Å². The standard InChI is InChI=1S/C18H11ClN4O5/c19-13-7-10(23(26)27)5-6-11(13)18(25)28-9-16(24)12(8-20)17-21-14-3-1-2-4-15(14)22-17/h1-7,24H,9H2,(H,21,22).